The standard InChI is InChI=1S/C15H16ClN3O3S/c16-6-1-4-13(20)19-7-5-10-12(9-19)23-15(17-10)18-14(21)11-3-2-8-22-11/h2-3,8H,1,4-7,9H2,(H,17,18,21). The Balaban J connectivity index is 1.64. The lowest BCUT2D eigenvalue weighted by atomic mass is 10.1. The van der Waals surface area contributed by atoms with E-state index in [1.165, 1.54) is 17.6 Å². The molecule has 1 aliphatic heterocycles. The third-order valence-corrected chi connectivity index (χ3v) is 4.84. The van der Waals surface area contributed by atoms with Crippen molar-refractivity contribution in [3.63, 3.8) is 0 Å². The van der Waals surface area contributed by atoms with Crippen molar-refractivity contribution in [1.82, 2.24) is 9.88 Å². The number of amides is 2. The predicted molar refractivity (Wildman–Crippen MR) is 87.9 cm³/mol. The first-order chi connectivity index (χ1) is 11.2. The summed E-state index contributed by atoms with van der Waals surface area (Å²) in [4.78, 5) is 31.3. The smallest absolute Gasteiger partial charge is 0.293 e. The molecule has 0 aliphatic carbocycles. The normalized spacial score (nSPS) is 13.7. The van der Waals surface area contributed by atoms with Gasteiger partial charge in [0.05, 0.1) is 18.5 Å². The molecule has 0 unspecified atom stereocenters. The molecule has 3 heterocycles. The third-order valence-electron chi connectivity index (χ3n) is 3.57. The molecule has 0 spiro atoms. The molecule has 0 fully saturated rings. The van der Waals surface area contributed by atoms with Crippen molar-refractivity contribution in [3.05, 3.63) is 34.7 Å². The molecule has 1 N–H and O–H groups in total. The van der Waals surface area contributed by atoms with Gasteiger partial charge in [0.1, 0.15) is 0 Å². The van der Waals surface area contributed by atoms with Crippen molar-refractivity contribution < 1.29 is 14.0 Å². The van der Waals surface area contributed by atoms with Gasteiger partial charge in [-0.15, -0.1) is 11.6 Å². The minimum atomic E-state index is -0.323. The van der Waals surface area contributed by atoms with E-state index in [9.17, 15) is 9.59 Å². The second-order valence-electron chi connectivity index (χ2n) is 5.18. The molecule has 2 amide bonds. The first kappa shape index (κ1) is 16.0. The molecule has 2 aromatic rings. The highest BCUT2D eigenvalue weighted by molar-refractivity contribution is 7.15. The van der Waals surface area contributed by atoms with E-state index in [4.69, 9.17) is 16.0 Å². The van der Waals surface area contributed by atoms with Crippen LogP contribution >= 0.6 is 22.9 Å². The van der Waals surface area contributed by atoms with Gasteiger partial charge < -0.3 is 9.32 Å². The molecule has 0 atom stereocenters. The number of rotatable bonds is 5. The summed E-state index contributed by atoms with van der Waals surface area (Å²) in [5, 5.41) is 3.27. The summed E-state index contributed by atoms with van der Waals surface area (Å²) in [7, 11) is 0. The molecule has 0 saturated carbocycles. The summed E-state index contributed by atoms with van der Waals surface area (Å²) in [6, 6.07) is 3.26. The number of anilines is 1. The fraction of sp³-hybridized carbons (Fsp3) is 0.400. The van der Waals surface area contributed by atoms with Crippen LogP contribution in [0.4, 0.5) is 5.13 Å². The van der Waals surface area contributed by atoms with Gasteiger partial charge in [0.25, 0.3) is 5.91 Å². The molecule has 122 valence electrons. The van der Waals surface area contributed by atoms with Gasteiger partial charge in [-0.3, -0.25) is 14.9 Å². The molecule has 8 heteroatoms. The first-order valence-electron chi connectivity index (χ1n) is 7.34. The zero-order valence-electron chi connectivity index (χ0n) is 12.4. The van der Waals surface area contributed by atoms with Gasteiger partial charge in [-0.1, -0.05) is 11.3 Å². The van der Waals surface area contributed by atoms with E-state index in [1.807, 2.05) is 4.90 Å². The van der Waals surface area contributed by atoms with Gasteiger partial charge in [-0.25, -0.2) is 4.98 Å². The lowest BCUT2D eigenvalue weighted by molar-refractivity contribution is -0.132. The molecule has 0 bridgehead atoms. The quantitative estimate of drug-likeness (QED) is 0.838. The van der Waals surface area contributed by atoms with E-state index in [-0.39, 0.29) is 17.6 Å². The van der Waals surface area contributed by atoms with Crippen molar-refractivity contribution in [3.8, 4) is 0 Å². The van der Waals surface area contributed by atoms with Crippen LogP contribution in [-0.2, 0) is 17.8 Å². The van der Waals surface area contributed by atoms with Crippen molar-refractivity contribution in [2.45, 2.75) is 25.8 Å². The summed E-state index contributed by atoms with van der Waals surface area (Å²) in [6.45, 7) is 1.20. The lowest BCUT2D eigenvalue weighted by Gasteiger charge is -2.26. The highest BCUT2D eigenvalue weighted by Gasteiger charge is 2.24. The number of aromatic nitrogens is 1. The Morgan fingerprint density at radius 2 is 2.35 bits per heavy atom. The van der Waals surface area contributed by atoms with Crippen LogP contribution < -0.4 is 5.32 Å². The van der Waals surface area contributed by atoms with Gasteiger partial charge in [0.15, 0.2) is 10.9 Å². The van der Waals surface area contributed by atoms with Crippen LogP contribution in [0.3, 0.4) is 0 Å². The number of carbonyl (C=O) groups excluding carboxylic acids is 2. The average Bonchev–Trinajstić information content (AvgIpc) is 3.20. The van der Waals surface area contributed by atoms with Gasteiger partial charge >= 0.3 is 0 Å². The number of nitrogens with one attached hydrogen (secondary N) is 1. The second kappa shape index (κ2) is 7.14. The predicted octanol–water partition coefficient (Wildman–Crippen LogP) is 2.89. The monoisotopic (exact) mass is 353 g/mol. The molecule has 3 rings (SSSR count). The number of carbonyl (C=O) groups is 2. The van der Waals surface area contributed by atoms with Crippen LogP contribution in [0.2, 0.25) is 0 Å². The third kappa shape index (κ3) is 3.73. The molecular weight excluding hydrogens is 338 g/mol. The first-order valence-corrected chi connectivity index (χ1v) is 8.69. The minimum Gasteiger partial charge on any atom is -0.459 e. The number of hydrogen-bond acceptors (Lipinski definition) is 5. The highest BCUT2D eigenvalue weighted by atomic mass is 35.5. The fourth-order valence-electron chi connectivity index (χ4n) is 2.40. The molecule has 2 aromatic heterocycles. The number of halogens is 1. The minimum absolute atomic E-state index is 0.117. The Bertz CT molecular complexity index is 699. The summed E-state index contributed by atoms with van der Waals surface area (Å²) in [6.07, 6.45) is 3.32. The van der Waals surface area contributed by atoms with Crippen LogP contribution in [-0.4, -0.2) is 34.1 Å². The molecule has 0 radical (unpaired) electrons. The largest absolute Gasteiger partial charge is 0.459 e. The maximum Gasteiger partial charge on any atom is 0.293 e. The Kier molecular flexibility index (Phi) is 4.97. The summed E-state index contributed by atoms with van der Waals surface area (Å²) >= 11 is 7.03. The molecule has 23 heavy (non-hydrogen) atoms. The molecule has 1 aliphatic rings. The van der Waals surface area contributed by atoms with Gasteiger partial charge in [-0.2, -0.15) is 0 Å². The molecule has 0 aromatic carbocycles. The Morgan fingerprint density at radius 3 is 3.09 bits per heavy atom. The van der Waals surface area contributed by atoms with Crippen molar-refractivity contribution in [2.24, 2.45) is 0 Å². The van der Waals surface area contributed by atoms with E-state index >= 15 is 0 Å². The molecule has 6 nitrogen and oxygen atoms in total. The summed E-state index contributed by atoms with van der Waals surface area (Å²) in [5.41, 5.74) is 0.950. The zero-order valence-corrected chi connectivity index (χ0v) is 14.0. The van der Waals surface area contributed by atoms with E-state index in [0.717, 1.165) is 10.6 Å². The average molecular weight is 354 g/mol. The summed E-state index contributed by atoms with van der Waals surface area (Å²) in [5.74, 6) is 0.534. The van der Waals surface area contributed by atoms with Crippen LogP contribution in [0.15, 0.2) is 22.8 Å². The summed E-state index contributed by atoms with van der Waals surface area (Å²) < 4.78 is 5.06. The van der Waals surface area contributed by atoms with Crippen LogP contribution in [0, 0.1) is 0 Å². The zero-order chi connectivity index (χ0) is 16.2. The van der Waals surface area contributed by atoms with Gasteiger partial charge in [0.2, 0.25) is 5.91 Å². The van der Waals surface area contributed by atoms with Gasteiger partial charge in [-0.05, 0) is 18.6 Å². The van der Waals surface area contributed by atoms with Crippen LogP contribution in [0.1, 0.15) is 34.0 Å². The van der Waals surface area contributed by atoms with Crippen molar-refractivity contribution >= 4 is 39.9 Å². The van der Waals surface area contributed by atoms with Crippen molar-refractivity contribution in [1.29, 1.82) is 0 Å². The van der Waals surface area contributed by atoms with Gasteiger partial charge in [0, 0.05) is 30.1 Å². The van der Waals surface area contributed by atoms with Crippen LogP contribution in [0.5, 0.6) is 0 Å². The number of hydrogen-bond donors (Lipinski definition) is 1. The van der Waals surface area contributed by atoms with Crippen LogP contribution in [0.25, 0.3) is 0 Å². The molecular formula is C15H16ClN3O3S. The number of alkyl halides is 1. The lowest BCUT2D eigenvalue weighted by Crippen LogP contribution is -2.35. The Morgan fingerprint density at radius 1 is 1.48 bits per heavy atom. The fourth-order valence-corrected chi connectivity index (χ4v) is 3.56. The maximum atomic E-state index is 12.1. The van der Waals surface area contributed by atoms with E-state index < -0.39 is 0 Å². The Labute approximate surface area is 142 Å². The SMILES string of the molecule is O=C(Nc1nc2c(s1)CN(C(=O)CCCCl)CC2)c1ccco1. The maximum absolute atomic E-state index is 12.1. The Hall–Kier alpha value is -1.86. The van der Waals surface area contributed by atoms with Crippen molar-refractivity contribution in [2.75, 3.05) is 17.7 Å². The topological polar surface area (TPSA) is 75.4 Å². The van der Waals surface area contributed by atoms with E-state index in [1.54, 1.807) is 12.1 Å². The number of thiazole rings is 1. The number of fused-ring (bicyclic) bond motifs is 1. The highest BCUT2D eigenvalue weighted by Crippen LogP contribution is 2.29. The number of nitrogens with zero attached hydrogens (tertiary/aromatic N) is 2. The molecule has 0 saturated heterocycles. The van der Waals surface area contributed by atoms with E-state index in [0.29, 0.717) is 43.4 Å². The second-order valence-corrected chi connectivity index (χ2v) is 6.64. The number of furan rings is 1. The van der Waals surface area contributed by atoms with E-state index in [2.05, 4.69) is 10.3 Å².